The highest BCUT2D eigenvalue weighted by Crippen LogP contribution is 2.25. The first kappa shape index (κ1) is 17.7. The molecular weight excluding hydrogens is 326 g/mol. The Kier molecular flexibility index (Phi) is 5.37. The number of nitrogens with zero attached hydrogens (tertiary/aromatic N) is 2. The van der Waals surface area contributed by atoms with E-state index in [1.165, 1.54) is 0 Å². The van der Waals surface area contributed by atoms with Crippen LogP contribution in [0, 0.1) is 5.92 Å². The Morgan fingerprint density at radius 2 is 1.88 bits per heavy atom. The van der Waals surface area contributed by atoms with Gasteiger partial charge in [0, 0.05) is 12.1 Å². The van der Waals surface area contributed by atoms with Gasteiger partial charge in [-0.1, -0.05) is 44.2 Å². The number of carbonyl (C=O) groups excluding carboxylic acids is 1. The van der Waals surface area contributed by atoms with Gasteiger partial charge in [0.05, 0.1) is 18.5 Å². The highest BCUT2D eigenvalue weighted by molar-refractivity contribution is 5.94. The van der Waals surface area contributed by atoms with Gasteiger partial charge in [0.15, 0.2) is 0 Å². The minimum Gasteiger partial charge on any atom is -0.497 e. The number of methoxy groups -OCH3 is 1. The van der Waals surface area contributed by atoms with Crippen molar-refractivity contribution in [1.29, 1.82) is 0 Å². The van der Waals surface area contributed by atoms with Crippen LogP contribution in [-0.4, -0.2) is 29.3 Å². The van der Waals surface area contributed by atoms with Crippen LogP contribution in [-0.2, 0) is 0 Å². The number of amides is 1. The van der Waals surface area contributed by atoms with Crippen LogP contribution in [0.3, 0.4) is 0 Å². The standard InChI is InChI=1S/C21H23N3O2/c1-15(2)14-22-21(25)20-13-19(16-8-7-11-18(12-16)26-3)23-24(20)17-9-5-4-6-10-17/h4-13,15H,14H2,1-3H3,(H,22,25). The van der Waals surface area contributed by atoms with Crippen molar-refractivity contribution in [3.63, 3.8) is 0 Å². The van der Waals surface area contributed by atoms with Gasteiger partial charge in [0.2, 0.25) is 0 Å². The molecule has 1 amide bonds. The zero-order valence-corrected chi connectivity index (χ0v) is 15.3. The van der Waals surface area contributed by atoms with E-state index in [0.717, 1.165) is 22.7 Å². The number of carbonyl (C=O) groups is 1. The number of aromatic nitrogens is 2. The second-order valence-electron chi connectivity index (χ2n) is 6.50. The smallest absolute Gasteiger partial charge is 0.270 e. The summed E-state index contributed by atoms with van der Waals surface area (Å²) >= 11 is 0. The SMILES string of the molecule is COc1cccc(-c2cc(C(=O)NCC(C)C)n(-c3ccccc3)n2)c1. The van der Waals surface area contributed by atoms with Gasteiger partial charge in [-0.15, -0.1) is 0 Å². The van der Waals surface area contributed by atoms with Crippen LogP contribution >= 0.6 is 0 Å². The predicted octanol–water partition coefficient (Wildman–Crippen LogP) is 3.93. The van der Waals surface area contributed by atoms with Crippen LogP contribution < -0.4 is 10.1 Å². The highest BCUT2D eigenvalue weighted by Gasteiger charge is 2.18. The van der Waals surface area contributed by atoms with E-state index in [2.05, 4.69) is 24.3 Å². The molecule has 0 saturated carbocycles. The predicted molar refractivity (Wildman–Crippen MR) is 103 cm³/mol. The molecule has 0 fully saturated rings. The van der Waals surface area contributed by atoms with Gasteiger partial charge in [-0.25, -0.2) is 4.68 Å². The maximum Gasteiger partial charge on any atom is 0.270 e. The van der Waals surface area contributed by atoms with Crippen molar-refractivity contribution < 1.29 is 9.53 Å². The van der Waals surface area contributed by atoms with Crippen LogP contribution in [0.15, 0.2) is 60.7 Å². The molecule has 1 aromatic heterocycles. The Labute approximate surface area is 153 Å². The fourth-order valence-corrected chi connectivity index (χ4v) is 2.62. The van der Waals surface area contributed by atoms with Crippen molar-refractivity contribution in [2.75, 3.05) is 13.7 Å². The molecule has 0 aliphatic rings. The average molecular weight is 349 g/mol. The second kappa shape index (κ2) is 7.87. The molecule has 1 N–H and O–H groups in total. The van der Waals surface area contributed by atoms with Crippen molar-refractivity contribution in [1.82, 2.24) is 15.1 Å². The summed E-state index contributed by atoms with van der Waals surface area (Å²) in [5, 5.41) is 7.65. The molecule has 0 unspecified atom stereocenters. The van der Waals surface area contributed by atoms with Crippen molar-refractivity contribution >= 4 is 5.91 Å². The summed E-state index contributed by atoms with van der Waals surface area (Å²) < 4.78 is 6.98. The third-order valence-electron chi connectivity index (χ3n) is 3.98. The fraction of sp³-hybridized carbons (Fsp3) is 0.238. The van der Waals surface area contributed by atoms with Crippen LogP contribution in [0.25, 0.3) is 16.9 Å². The molecule has 26 heavy (non-hydrogen) atoms. The topological polar surface area (TPSA) is 56.1 Å². The molecule has 3 aromatic rings. The average Bonchev–Trinajstić information content (AvgIpc) is 3.12. The van der Waals surface area contributed by atoms with E-state index >= 15 is 0 Å². The van der Waals surface area contributed by atoms with E-state index in [9.17, 15) is 4.79 Å². The first-order valence-corrected chi connectivity index (χ1v) is 8.66. The van der Waals surface area contributed by atoms with Crippen LogP contribution in [0.4, 0.5) is 0 Å². The molecule has 1 heterocycles. The molecule has 0 aliphatic carbocycles. The molecular formula is C21H23N3O2. The van der Waals surface area contributed by atoms with E-state index in [4.69, 9.17) is 4.74 Å². The number of hydrogen-bond acceptors (Lipinski definition) is 3. The minimum absolute atomic E-state index is 0.135. The Balaban J connectivity index is 2.03. The Morgan fingerprint density at radius 3 is 2.58 bits per heavy atom. The highest BCUT2D eigenvalue weighted by atomic mass is 16.5. The summed E-state index contributed by atoms with van der Waals surface area (Å²) in [4.78, 5) is 12.7. The van der Waals surface area contributed by atoms with Gasteiger partial charge >= 0.3 is 0 Å². The number of ether oxygens (including phenoxy) is 1. The lowest BCUT2D eigenvalue weighted by molar-refractivity contribution is 0.0941. The normalized spacial score (nSPS) is 10.8. The quantitative estimate of drug-likeness (QED) is 0.733. The van der Waals surface area contributed by atoms with Crippen molar-refractivity contribution in [2.45, 2.75) is 13.8 Å². The molecule has 0 atom stereocenters. The lowest BCUT2D eigenvalue weighted by atomic mass is 10.1. The van der Waals surface area contributed by atoms with E-state index in [1.54, 1.807) is 11.8 Å². The molecule has 0 saturated heterocycles. The zero-order chi connectivity index (χ0) is 18.5. The molecule has 2 aromatic carbocycles. The van der Waals surface area contributed by atoms with Gasteiger partial charge in [0.25, 0.3) is 5.91 Å². The first-order chi connectivity index (χ1) is 12.6. The van der Waals surface area contributed by atoms with Gasteiger partial charge < -0.3 is 10.1 Å². The summed E-state index contributed by atoms with van der Waals surface area (Å²) in [6.07, 6.45) is 0. The summed E-state index contributed by atoms with van der Waals surface area (Å²) in [6.45, 7) is 4.75. The Hall–Kier alpha value is -3.08. The largest absolute Gasteiger partial charge is 0.497 e. The third-order valence-corrected chi connectivity index (χ3v) is 3.98. The maximum atomic E-state index is 12.7. The first-order valence-electron chi connectivity index (χ1n) is 8.66. The van der Waals surface area contributed by atoms with Crippen LogP contribution in [0.5, 0.6) is 5.75 Å². The van der Waals surface area contributed by atoms with E-state index < -0.39 is 0 Å². The number of para-hydroxylation sites is 1. The molecule has 0 radical (unpaired) electrons. The maximum absolute atomic E-state index is 12.7. The van der Waals surface area contributed by atoms with E-state index in [0.29, 0.717) is 18.2 Å². The van der Waals surface area contributed by atoms with Gasteiger partial charge in [-0.2, -0.15) is 5.10 Å². The third kappa shape index (κ3) is 3.94. The number of nitrogens with one attached hydrogen (secondary N) is 1. The number of benzene rings is 2. The second-order valence-corrected chi connectivity index (χ2v) is 6.50. The number of rotatable bonds is 6. The number of hydrogen-bond donors (Lipinski definition) is 1. The molecule has 0 bridgehead atoms. The lowest BCUT2D eigenvalue weighted by Crippen LogP contribution is -2.29. The molecule has 5 heteroatoms. The van der Waals surface area contributed by atoms with E-state index in [-0.39, 0.29) is 5.91 Å². The van der Waals surface area contributed by atoms with Gasteiger partial charge in [-0.3, -0.25) is 4.79 Å². The Morgan fingerprint density at radius 1 is 1.12 bits per heavy atom. The van der Waals surface area contributed by atoms with Crippen LogP contribution in [0.2, 0.25) is 0 Å². The van der Waals surface area contributed by atoms with Crippen molar-refractivity contribution in [3.05, 3.63) is 66.4 Å². The summed E-state index contributed by atoms with van der Waals surface area (Å²) in [5.41, 5.74) is 2.98. The van der Waals surface area contributed by atoms with Crippen molar-refractivity contribution in [3.8, 4) is 22.7 Å². The molecule has 5 nitrogen and oxygen atoms in total. The summed E-state index contributed by atoms with van der Waals surface area (Å²) in [5.74, 6) is 0.997. The van der Waals surface area contributed by atoms with Crippen molar-refractivity contribution in [2.24, 2.45) is 5.92 Å². The fourth-order valence-electron chi connectivity index (χ4n) is 2.62. The van der Waals surface area contributed by atoms with E-state index in [1.807, 2.05) is 60.7 Å². The molecule has 3 rings (SSSR count). The zero-order valence-electron chi connectivity index (χ0n) is 15.3. The summed E-state index contributed by atoms with van der Waals surface area (Å²) in [7, 11) is 1.63. The minimum atomic E-state index is -0.135. The van der Waals surface area contributed by atoms with Crippen LogP contribution in [0.1, 0.15) is 24.3 Å². The Bertz CT molecular complexity index is 885. The van der Waals surface area contributed by atoms with Gasteiger partial charge in [0.1, 0.15) is 11.4 Å². The lowest BCUT2D eigenvalue weighted by Gasteiger charge is -2.09. The molecule has 134 valence electrons. The molecule has 0 aliphatic heterocycles. The van der Waals surface area contributed by atoms with Gasteiger partial charge in [-0.05, 0) is 36.2 Å². The summed E-state index contributed by atoms with van der Waals surface area (Å²) in [6, 6.07) is 19.1. The monoisotopic (exact) mass is 349 g/mol. The molecule has 0 spiro atoms.